The second-order valence-electron chi connectivity index (χ2n) is 18.0. The van der Waals surface area contributed by atoms with Crippen molar-refractivity contribution in [2.75, 3.05) is 46.7 Å². The Hall–Kier alpha value is -7.05. The van der Waals surface area contributed by atoms with Crippen LogP contribution in [0.5, 0.6) is 0 Å². The van der Waals surface area contributed by atoms with Crippen molar-refractivity contribution in [3.05, 3.63) is 120 Å². The number of aryl methyl sites for hydroxylation is 2. The number of aromatic nitrogens is 4. The van der Waals surface area contributed by atoms with E-state index in [1.165, 1.54) is 30.3 Å². The first-order chi connectivity index (χ1) is 33.8. The van der Waals surface area contributed by atoms with Crippen LogP contribution in [0.15, 0.2) is 91.1 Å². The Morgan fingerprint density at radius 1 is 0.757 bits per heavy atom. The van der Waals surface area contributed by atoms with Crippen molar-refractivity contribution in [2.45, 2.75) is 77.5 Å². The summed E-state index contributed by atoms with van der Waals surface area (Å²) < 4.78 is 35.5. The third kappa shape index (κ3) is 11.2. The molecule has 4 amide bonds. The van der Waals surface area contributed by atoms with Crippen molar-refractivity contribution >= 4 is 44.8 Å². The molecule has 2 atom stereocenters. The third-order valence-corrected chi connectivity index (χ3v) is 14.5. The number of nitrogens with zero attached hydrogens (tertiary/aromatic N) is 5. The number of benzene rings is 4. The topological polar surface area (TPSA) is 212 Å². The fraction of sp³-hybridized carbons (Fsp3) is 0.385. The SMILES string of the molecule is CCCN(Cc1nc2c([nH]1)-c1ccc(-c3ccc4cc(-c5cnc(CN(CCC)C(=O)[C@H](NC(=O)OC)c6ccccc6)[nH]5)ccc4c3)cc1CC2)C(=O)[C@@H](NC(=O)OC)C1CCN(S(C)(=O)=O)CC1. The van der Waals surface area contributed by atoms with Crippen LogP contribution in [0.25, 0.3) is 44.4 Å². The van der Waals surface area contributed by atoms with E-state index in [-0.39, 0.29) is 43.9 Å². The van der Waals surface area contributed by atoms with Gasteiger partial charge in [0.2, 0.25) is 21.8 Å². The van der Waals surface area contributed by atoms with E-state index >= 15 is 0 Å². The van der Waals surface area contributed by atoms with Crippen LogP contribution in [-0.4, -0.2) is 119 Å². The number of carbonyl (C=O) groups excluding carboxylic acids is 4. The zero-order valence-corrected chi connectivity index (χ0v) is 41.1. The minimum Gasteiger partial charge on any atom is -0.453 e. The van der Waals surface area contributed by atoms with E-state index < -0.39 is 34.3 Å². The molecule has 4 aromatic carbocycles. The van der Waals surface area contributed by atoms with Crippen LogP contribution < -0.4 is 10.6 Å². The minimum atomic E-state index is -3.36. The van der Waals surface area contributed by atoms with Gasteiger partial charge in [-0.3, -0.25) is 9.59 Å². The van der Waals surface area contributed by atoms with Crippen LogP contribution in [0.4, 0.5) is 9.59 Å². The number of aromatic amines is 2. The number of carbonyl (C=O) groups is 4. The van der Waals surface area contributed by atoms with Crippen LogP contribution in [0.1, 0.15) is 74.0 Å². The zero-order chi connectivity index (χ0) is 49.5. The molecule has 0 bridgehead atoms. The number of nitrogens with one attached hydrogen (secondary N) is 4. The Kier molecular flexibility index (Phi) is 15.3. The Morgan fingerprint density at radius 3 is 2.04 bits per heavy atom. The van der Waals surface area contributed by atoms with E-state index in [4.69, 9.17) is 14.5 Å². The fourth-order valence-electron chi connectivity index (χ4n) is 9.63. The first-order valence-corrected chi connectivity index (χ1v) is 25.7. The van der Waals surface area contributed by atoms with Crippen molar-refractivity contribution in [1.82, 2.24) is 44.7 Å². The van der Waals surface area contributed by atoms with Gasteiger partial charge in [0.05, 0.1) is 56.8 Å². The monoisotopic (exact) mass is 971 g/mol. The number of hydrogen-bond acceptors (Lipinski definition) is 10. The van der Waals surface area contributed by atoms with Crippen molar-refractivity contribution in [2.24, 2.45) is 5.92 Å². The number of sulfonamides is 1. The lowest BCUT2D eigenvalue weighted by molar-refractivity contribution is -0.136. The lowest BCUT2D eigenvalue weighted by Gasteiger charge is -2.36. The van der Waals surface area contributed by atoms with Gasteiger partial charge in [0.25, 0.3) is 0 Å². The minimum absolute atomic E-state index is 0.223. The molecule has 3 heterocycles. The predicted octanol–water partition coefficient (Wildman–Crippen LogP) is 7.36. The van der Waals surface area contributed by atoms with Crippen LogP contribution in [0.3, 0.4) is 0 Å². The number of methoxy groups -OCH3 is 2. The number of hydrogen-bond donors (Lipinski definition) is 4. The van der Waals surface area contributed by atoms with Gasteiger partial charge in [-0.1, -0.05) is 86.6 Å². The van der Waals surface area contributed by atoms with Gasteiger partial charge in [0.1, 0.15) is 23.7 Å². The second kappa shape index (κ2) is 21.7. The molecule has 1 saturated heterocycles. The van der Waals surface area contributed by atoms with E-state index in [0.29, 0.717) is 56.0 Å². The summed E-state index contributed by atoms with van der Waals surface area (Å²) in [5.41, 5.74) is 8.77. The van der Waals surface area contributed by atoms with Crippen molar-refractivity contribution in [3.8, 4) is 33.6 Å². The van der Waals surface area contributed by atoms with Gasteiger partial charge < -0.3 is 39.9 Å². The largest absolute Gasteiger partial charge is 0.453 e. The highest BCUT2D eigenvalue weighted by atomic mass is 32.2. The summed E-state index contributed by atoms with van der Waals surface area (Å²) in [6.07, 6.45) is 5.37. The van der Waals surface area contributed by atoms with E-state index in [9.17, 15) is 27.6 Å². The van der Waals surface area contributed by atoms with Gasteiger partial charge in [-0.2, -0.15) is 0 Å². The Bertz CT molecular complexity index is 2970. The molecule has 2 aromatic heterocycles. The number of amides is 4. The summed E-state index contributed by atoms with van der Waals surface area (Å²) >= 11 is 0. The van der Waals surface area contributed by atoms with Crippen molar-refractivity contribution in [3.63, 3.8) is 0 Å². The lowest BCUT2D eigenvalue weighted by atomic mass is 9.89. The molecule has 0 saturated carbocycles. The van der Waals surface area contributed by atoms with E-state index in [0.717, 1.165) is 62.9 Å². The normalized spacial score (nSPS) is 14.8. The second-order valence-corrected chi connectivity index (χ2v) is 20.0. The number of fused-ring (bicyclic) bond motifs is 4. The van der Waals surface area contributed by atoms with Crippen molar-refractivity contribution < 1.29 is 37.1 Å². The van der Waals surface area contributed by atoms with E-state index in [2.05, 4.69) is 80.2 Å². The molecule has 17 nitrogen and oxygen atoms in total. The highest BCUT2D eigenvalue weighted by molar-refractivity contribution is 7.88. The Morgan fingerprint density at radius 2 is 1.37 bits per heavy atom. The average Bonchev–Trinajstić information content (AvgIpc) is 4.03. The summed E-state index contributed by atoms with van der Waals surface area (Å²) in [7, 11) is -0.837. The van der Waals surface area contributed by atoms with Gasteiger partial charge in [-0.05, 0) is 89.6 Å². The molecule has 0 spiro atoms. The number of piperidine rings is 1. The van der Waals surface area contributed by atoms with Gasteiger partial charge in [-0.25, -0.2) is 32.3 Å². The molecule has 368 valence electrons. The van der Waals surface area contributed by atoms with Crippen LogP contribution in [0.2, 0.25) is 0 Å². The van der Waals surface area contributed by atoms with Crippen molar-refractivity contribution in [1.29, 1.82) is 0 Å². The van der Waals surface area contributed by atoms with Crippen LogP contribution in [0, 0.1) is 5.92 Å². The standard InChI is InChI=1S/C52H61N9O8S/c1-6-23-59(49(62)46(57-51(64)68-3)33-11-9-8-10-12-33)31-44-53-30-43(55-44)40-16-15-36-27-35(13-14-37(36)29-40)38-17-19-41-39(28-38)18-20-42-48(41)56-45(54-42)32-60(24-7-2)50(63)47(58-52(65)69-4)34-21-25-61(26-22-34)70(5,66)67/h8-17,19,27-30,34,46-47H,6-7,18,20-26,31-32H2,1-5H3,(H,53,55)(H,54,56)(H,57,64)(H,58,65)/t46-,47+/m1/s1. The Labute approximate surface area is 408 Å². The summed E-state index contributed by atoms with van der Waals surface area (Å²) in [5, 5.41) is 7.60. The molecular formula is C52H61N9O8S. The summed E-state index contributed by atoms with van der Waals surface area (Å²) in [5.74, 6) is 0.500. The Balaban J connectivity index is 0.953. The number of alkyl carbamates (subject to hydrolysis) is 2. The zero-order valence-electron chi connectivity index (χ0n) is 40.3. The van der Waals surface area contributed by atoms with Crippen LogP contribution >= 0.6 is 0 Å². The molecule has 6 aromatic rings. The smallest absolute Gasteiger partial charge is 0.407 e. The lowest BCUT2D eigenvalue weighted by Crippen LogP contribution is -2.54. The molecule has 1 aliphatic carbocycles. The molecule has 70 heavy (non-hydrogen) atoms. The highest BCUT2D eigenvalue weighted by Crippen LogP contribution is 2.36. The molecule has 1 fully saturated rings. The van der Waals surface area contributed by atoms with Gasteiger partial charge in [0.15, 0.2) is 0 Å². The number of ether oxygens (including phenoxy) is 2. The number of rotatable bonds is 17. The predicted molar refractivity (Wildman–Crippen MR) is 267 cm³/mol. The maximum absolute atomic E-state index is 14.3. The molecule has 0 unspecified atom stereocenters. The third-order valence-electron chi connectivity index (χ3n) is 13.2. The molecule has 8 rings (SSSR count). The maximum Gasteiger partial charge on any atom is 0.407 e. The summed E-state index contributed by atoms with van der Waals surface area (Å²) in [6.45, 7) is 5.91. The molecule has 4 N–H and O–H groups in total. The number of H-pyrrole nitrogens is 2. The number of imidazole rings is 2. The average molecular weight is 972 g/mol. The van der Waals surface area contributed by atoms with Gasteiger partial charge in [0, 0.05) is 37.3 Å². The molecule has 18 heteroatoms. The molecule has 2 aliphatic rings. The summed E-state index contributed by atoms with van der Waals surface area (Å²) in [6, 6.07) is 26.5. The van der Waals surface area contributed by atoms with E-state index in [1.54, 1.807) is 28.1 Å². The molecule has 0 radical (unpaired) electrons. The molecular weight excluding hydrogens is 911 g/mol. The van der Waals surface area contributed by atoms with Gasteiger partial charge in [-0.15, -0.1) is 0 Å². The summed E-state index contributed by atoms with van der Waals surface area (Å²) in [4.78, 5) is 72.9. The van der Waals surface area contributed by atoms with E-state index in [1.807, 2.05) is 32.0 Å². The first kappa shape index (κ1) is 49.4. The first-order valence-electron chi connectivity index (χ1n) is 23.8. The quantitative estimate of drug-likeness (QED) is 0.0713. The maximum atomic E-state index is 14.3. The fourth-order valence-corrected chi connectivity index (χ4v) is 10.5. The van der Waals surface area contributed by atoms with Gasteiger partial charge >= 0.3 is 12.2 Å². The highest BCUT2D eigenvalue weighted by Gasteiger charge is 2.37. The van der Waals surface area contributed by atoms with Crippen LogP contribution in [-0.2, 0) is 55.0 Å². The molecule has 1 aliphatic heterocycles.